The Labute approximate surface area is 163 Å². The fraction of sp³-hybridized carbons (Fsp3) is 0.143. The average Bonchev–Trinajstić information content (AvgIpc) is 3.30. The highest BCUT2D eigenvalue weighted by molar-refractivity contribution is 7.12. The summed E-state index contributed by atoms with van der Waals surface area (Å²) in [4.78, 5) is 17.8. The van der Waals surface area contributed by atoms with Crippen LogP contribution in [0.5, 0.6) is 0 Å². The number of Topliss-reactive ketones (excluding diaryl/α,β-unsaturated/α-hetero) is 1. The van der Waals surface area contributed by atoms with Crippen LogP contribution in [0.25, 0.3) is 16.9 Å². The van der Waals surface area contributed by atoms with E-state index in [1.54, 1.807) is 17.5 Å². The SMILES string of the molecule is Cc1ccc(-c2nc3ccc(C(F)(F)F)cn3c2CC(=O)c2cccs2)cc1. The van der Waals surface area contributed by atoms with E-state index < -0.39 is 11.7 Å². The predicted molar refractivity (Wildman–Crippen MR) is 103 cm³/mol. The second kappa shape index (κ2) is 6.91. The highest BCUT2D eigenvalue weighted by atomic mass is 32.1. The minimum absolute atomic E-state index is 0.0355. The van der Waals surface area contributed by atoms with Gasteiger partial charge < -0.3 is 4.40 Å². The van der Waals surface area contributed by atoms with E-state index in [4.69, 9.17) is 0 Å². The zero-order valence-corrected chi connectivity index (χ0v) is 15.6. The Morgan fingerprint density at radius 1 is 1.11 bits per heavy atom. The van der Waals surface area contributed by atoms with Crippen molar-refractivity contribution in [2.24, 2.45) is 0 Å². The number of thiophene rings is 1. The molecule has 28 heavy (non-hydrogen) atoms. The van der Waals surface area contributed by atoms with Crippen LogP contribution in [-0.4, -0.2) is 15.2 Å². The molecular weight excluding hydrogens is 385 g/mol. The molecule has 0 fully saturated rings. The van der Waals surface area contributed by atoms with Crippen molar-refractivity contribution in [2.75, 3.05) is 0 Å². The van der Waals surface area contributed by atoms with Gasteiger partial charge in [-0.05, 0) is 30.5 Å². The van der Waals surface area contributed by atoms with Crippen LogP contribution < -0.4 is 0 Å². The van der Waals surface area contributed by atoms with E-state index >= 15 is 0 Å². The van der Waals surface area contributed by atoms with Crippen molar-refractivity contribution in [3.8, 4) is 11.3 Å². The molecule has 0 bridgehead atoms. The minimum atomic E-state index is -4.47. The number of carbonyl (C=O) groups is 1. The van der Waals surface area contributed by atoms with Gasteiger partial charge in [0.1, 0.15) is 5.65 Å². The van der Waals surface area contributed by atoms with Crippen molar-refractivity contribution < 1.29 is 18.0 Å². The van der Waals surface area contributed by atoms with Crippen LogP contribution in [0, 0.1) is 6.92 Å². The number of hydrogen-bond donors (Lipinski definition) is 0. The summed E-state index contributed by atoms with van der Waals surface area (Å²) in [5.41, 5.74) is 2.38. The van der Waals surface area contributed by atoms with E-state index in [0.29, 0.717) is 21.9 Å². The maximum absolute atomic E-state index is 13.2. The normalized spacial score (nSPS) is 11.9. The van der Waals surface area contributed by atoms with Crippen molar-refractivity contribution >= 4 is 22.8 Å². The lowest BCUT2D eigenvalue weighted by molar-refractivity contribution is -0.137. The first-order chi connectivity index (χ1) is 13.3. The number of alkyl halides is 3. The Morgan fingerprint density at radius 3 is 2.50 bits per heavy atom. The van der Waals surface area contributed by atoms with Crippen molar-refractivity contribution in [1.82, 2.24) is 9.38 Å². The number of aryl methyl sites for hydroxylation is 1. The highest BCUT2D eigenvalue weighted by Gasteiger charge is 2.31. The van der Waals surface area contributed by atoms with Gasteiger partial charge in [-0.2, -0.15) is 13.2 Å². The third kappa shape index (κ3) is 3.45. The lowest BCUT2D eigenvalue weighted by Crippen LogP contribution is -2.09. The Hall–Kier alpha value is -2.93. The Bertz CT molecular complexity index is 1140. The van der Waals surface area contributed by atoms with Gasteiger partial charge in [0.15, 0.2) is 5.78 Å². The van der Waals surface area contributed by atoms with Crippen molar-refractivity contribution in [3.05, 3.63) is 81.8 Å². The number of nitrogens with zero attached hydrogens (tertiary/aromatic N) is 2. The number of rotatable bonds is 4. The zero-order valence-electron chi connectivity index (χ0n) is 14.8. The van der Waals surface area contributed by atoms with Crippen LogP contribution in [0.3, 0.4) is 0 Å². The number of halogens is 3. The number of hydrogen-bond acceptors (Lipinski definition) is 3. The number of carbonyl (C=O) groups excluding carboxylic acids is 1. The smallest absolute Gasteiger partial charge is 0.302 e. The molecule has 0 saturated carbocycles. The summed E-state index contributed by atoms with van der Waals surface area (Å²) in [5, 5.41) is 1.80. The first-order valence-corrected chi connectivity index (χ1v) is 9.43. The number of fused-ring (bicyclic) bond motifs is 1. The van der Waals surface area contributed by atoms with Crippen LogP contribution in [0.15, 0.2) is 60.1 Å². The van der Waals surface area contributed by atoms with E-state index in [2.05, 4.69) is 4.98 Å². The van der Waals surface area contributed by atoms with Gasteiger partial charge in [0.05, 0.1) is 28.2 Å². The fourth-order valence-corrected chi connectivity index (χ4v) is 3.71. The molecule has 0 aliphatic carbocycles. The fourth-order valence-electron chi connectivity index (χ4n) is 3.05. The van der Waals surface area contributed by atoms with Gasteiger partial charge in [0.25, 0.3) is 0 Å². The van der Waals surface area contributed by atoms with Crippen molar-refractivity contribution in [2.45, 2.75) is 19.5 Å². The van der Waals surface area contributed by atoms with Crippen LogP contribution in [-0.2, 0) is 12.6 Å². The molecule has 0 unspecified atom stereocenters. The summed E-state index contributed by atoms with van der Waals surface area (Å²) < 4.78 is 41.0. The summed E-state index contributed by atoms with van der Waals surface area (Å²) in [5.74, 6) is -0.150. The largest absolute Gasteiger partial charge is 0.417 e. The van der Waals surface area contributed by atoms with Gasteiger partial charge in [-0.3, -0.25) is 4.79 Å². The summed E-state index contributed by atoms with van der Waals surface area (Å²) in [6, 6.07) is 13.4. The molecule has 3 heterocycles. The molecule has 0 aliphatic heterocycles. The second-order valence-electron chi connectivity index (χ2n) is 6.49. The maximum atomic E-state index is 13.2. The van der Waals surface area contributed by atoms with Gasteiger partial charge >= 0.3 is 6.18 Å². The van der Waals surface area contributed by atoms with Crippen LogP contribution in [0.4, 0.5) is 13.2 Å². The van der Waals surface area contributed by atoms with Crippen molar-refractivity contribution in [1.29, 1.82) is 0 Å². The molecule has 0 amide bonds. The van der Waals surface area contributed by atoms with E-state index in [-0.39, 0.29) is 12.2 Å². The summed E-state index contributed by atoms with van der Waals surface area (Å²) in [6.45, 7) is 1.95. The van der Waals surface area contributed by atoms with Gasteiger partial charge in [-0.1, -0.05) is 35.9 Å². The molecular formula is C21H15F3N2OS. The molecule has 4 rings (SSSR count). The standard InChI is InChI=1S/C21H15F3N2OS/c1-13-4-6-14(7-5-13)20-16(11-17(27)18-3-2-10-28-18)26-12-15(21(22,23)24)8-9-19(26)25-20/h2-10,12H,11H2,1H3. The molecule has 0 aliphatic rings. The molecule has 3 nitrogen and oxygen atoms in total. The number of benzene rings is 1. The molecule has 0 N–H and O–H groups in total. The third-order valence-electron chi connectivity index (χ3n) is 4.49. The highest BCUT2D eigenvalue weighted by Crippen LogP contribution is 2.32. The van der Waals surface area contributed by atoms with Gasteiger partial charge in [0.2, 0.25) is 0 Å². The number of pyridine rings is 1. The first-order valence-electron chi connectivity index (χ1n) is 8.55. The Morgan fingerprint density at radius 2 is 1.86 bits per heavy atom. The monoisotopic (exact) mass is 400 g/mol. The molecule has 0 saturated heterocycles. The summed E-state index contributed by atoms with van der Waals surface area (Å²) >= 11 is 1.31. The molecule has 4 aromatic rings. The van der Waals surface area contributed by atoms with E-state index in [9.17, 15) is 18.0 Å². The van der Waals surface area contributed by atoms with E-state index in [1.165, 1.54) is 21.8 Å². The van der Waals surface area contributed by atoms with Gasteiger partial charge in [0, 0.05) is 11.8 Å². The number of ketones is 1. The lowest BCUT2D eigenvalue weighted by atomic mass is 10.0. The molecule has 3 aromatic heterocycles. The number of aromatic nitrogens is 2. The quantitative estimate of drug-likeness (QED) is 0.405. The van der Waals surface area contributed by atoms with Gasteiger partial charge in [-0.25, -0.2) is 4.98 Å². The van der Waals surface area contributed by atoms with Crippen molar-refractivity contribution in [3.63, 3.8) is 0 Å². The second-order valence-corrected chi connectivity index (χ2v) is 7.44. The minimum Gasteiger partial charge on any atom is -0.302 e. The maximum Gasteiger partial charge on any atom is 0.417 e. The molecule has 142 valence electrons. The van der Waals surface area contributed by atoms with Crippen LogP contribution in [0.1, 0.15) is 26.5 Å². The van der Waals surface area contributed by atoms with E-state index in [0.717, 1.165) is 23.4 Å². The van der Waals surface area contributed by atoms with Crippen LogP contribution >= 0.6 is 11.3 Å². The molecule has 1 aromatic carbocycles. The third-order valence-corrected chi connectivity index (χ3v) is 5.40. The first kappa shape index (κ1) is 18.4. The van der Waals surface area contributed by atoms with Gasteiger partial charge in [-0.15, -0.1) is 11.3 Å². The number of imidazole rings is 1. The summed E-state index contributed by atoms with van der Waals surface area (Å²) in [6.07, 6.45) is -3.50. The Kier molecular flexibility index (Phi) is 4.55. The predicted octanol–water partition coefficient (Wildman–Crippen LogP) is 5.82. The topological polar surface area (TPSA) is 34.4 Å². The van der Waals surface area contributed by atoms with E-state index in [1.807, 2.05) is 31.2 Å². The molecule has 0 radical (unpaired) electrons. The summed E-state index contributed by atoms with van der Waals surface area (Å²) in [7, 11) is 0. The molecule has 0 spiro atoms. The zero-order chi connectivity index (χ0) is 19.9. The molecule has 7 heteroatoms. The average molecular weight is 400 g/mol. The molecule has 0 atom stereocenters. The lowest BCUT2D eigenvalue weighted by Gasteiger charge is -2.09. The van der Waals surface area contributed by atoms with Crippen LogP contribution in [0.2, 0.25) is 0 Å². The Balaban J connectivity index is 1.89.